The van der Waals surface area contributed by atoms with Gasteiger partial charge in [0.05, 0.1) is 10.9 Å². The van der Waals surface area contributed by atoms with Crippen LogP contribution >= 0.6 is 27.3 Å². The molecule has 0 bridgehead atoms. The number of benzene rings is 1. The molecular formula is C16H12BrF3N2O3S. The van der Waals surface area contributed by atoms with Crippen molar-refractivity contribution in [3.63, 3.8) is 0 Å². The molecule has 138 valence electrons. The van der Waals surface area contributed by atoms with Crippen LogP contribution in [0.25, 0.3) is 0 Å². The molecule has 1 aliphatic rings. The number of ketones is 1. The van der Waals surface area contributed by atoms with Crippen LogP contribution in [-0.2, 0) is 0 Å². The molecule has 2 aromatic rings. The standard InChI is InChI=1S/C16H12BrF3N2O3S/c17-9-4-1-3-8(7-9)12-11(13(23)10-5-2-6-26-10)15(25,16(18,19)20)22-14(24)21-12/h1-7,11-12,25H,(H2,21,22,24). The van der Waals surface area contributed by atoms with E-state index in [1.807, 2.05) is 0 Å². The van der Waals surface area contributed by atoms with E-state index in [0.717, 1.165) is 11.3 Å². The number of carbonyl (C=O) groups is 2. The summed E-state index contributed by atoms with van der Waals surface area (Å²) in [5, 5.41) is 15.8. The maximum atomic E-state index is 13.7. The Balaban J connectivity index is 2.16. The Bertz CT molecular complexity index is 844. The Morgan fingerprint density at radius 1 is 1.27 bits per heavy atom. The van der Waals surface area contributed by atoms with Gasteiger partial charge in [-0.05, 0) is 29.1 Å². The van der Waals surface area contributed by atoms with E-state index in [2.05, 4.69) is 21.2 Å². The SMILES string of the molecule is O=C1NC(c2cccc(Br)c2)C(C(=O)c2cccs2)C(O)(C(F)(F)F)N1. The predicted molar refractivity (Wildman–Crippen MR) is 91.7 cm³/mol. The molecule has 3 N–H and O–H groups in total. The number of urea groups is 1. The van der Waals surface area contributed by atoms with Crippen LogP contribution in [0.1, 0.15) is 21.3 Å². The normalized spacial score (nSPS) is 26.1. The van der Waals surface area contributed by atoms with E-state index in [4.69, 9.17) is 0 Å². The van der Waals surface area contributed by atoms with E-state index >= 15 is 0 Å². The molecule has 1 aromatic carbocycles. The van der Waals surface area contributed by atoms with Crippen LogP contribution in [0.4, 0.5) is 18.0 Å². The highest BCUT2D eigenvalue weighted by atomic mass is 79.9. The number of nitrogens with one attached hydrogen (secondary N) is 2. The van der Waals surface area contributed by atoms with E-state index in [1.54, 1.807) is 17.5 Å². The highest BCUT2D eigenvalue weighted by Gasteiger charge is 2.66. The third-order valence-corrected chi connectivity index (χ3v) is 5.44. The smallest absolute Gasteiger partial charge is 0.363 e. The van der Waals surface area contributed by atoms with Gasteiger partial charge < -0.3 is 15.7 Å². The van der Waals surface area contributed by atoms with Crippen molar-refractivity contribution in [1.29, 1.82) is 0 Å². The molecule has 3 unspecified atom stereocenters. The molecule has 2 amide bonds. The summed E-state index contributed by atoms with van der Waals surface area (Å²) in [7, 11) is 0. The molecule has 0 saturated carbocycles. The molecule has 10 heteroatoms. The van der Waals surface area contributed by atoms with Crippen molar-refractivity contribution in [1.82, 2.24) is 10.6 Å². The first-order valence-electron chi connectivity index (χ1n) is 7.34. The van der Waals surface area contributed by atoms with Crippen LogP contribution in [0, 0.1) is 5.92 Å². The van der Waals surface area contributed by atoms with Gasteiger partial charge in [0.25, 0.3) is 0 Å². The molecule has 0 radical (unpaired) electrons. The number of halogens is 4. The number of hydrogen-bond acceptors (Lipinski definition) is 4. The number of hydrogen-bond donors (Lipinski definition) is 3. The van der Waals surface area contributed by atoms with Crippen molar-refractivity contribution < 1.29 is 27.9 Å². The summed E-state index contributed by atoms with van der Waals surface area (Å²) in [4.78, 5) is 24.7. The van der Waals surface area contributed by atoms with Crippen LogP contribution in [0.2, 0.25) is 0 Å². The molecule has 1 saturated heterocycles. The summed E-state index contributed by atoms with van der Waals surface area (Å²) in [6.45, 7) is 0. The number of amides is 2. The zero-order valence-electron chi connectivity index (χ0n) is 12.9. The van der Waals surface area contributed by atoms with Gasteiger partial charge in [0.15, 0.2) is 5.78 Å². The van der Waals surface area contributed by atoms with Crippen molar-refractivity contribution in [2.45, 2.75) is 17.9 Å². The minimum Gasteiger partial charge on any atom is -0.363 e. The summed E-state index contributed by atoms with van der Waals surface area (Å²) in [6, 6.07) is 6.48. The second-order valence-corrected chi connectivity index (χ2v) is 7.58. The largest absolute Gasteiger partial charge is 0.437 e. The summed E-state index contributed by atoms with van der Waals surface area (Å²) >= 11 is 4.17. The zero-order chi connectivity index (χ0) is 19.1. The zero-order valence-corrected chi connectivity index (χ0v) is 15.3. The summed E-state index contributed by atoms with van der Waals surface area (Å²) < 4.78 is 41.6. The van der Waals surface area contributed by atoms with Gasteiger partial charge in [0.1, 0.15) is 5.92 Å². The second kappa shape index (κ2) is 6.67. The summed E-state index contributed by atoms with van der Waals surface area (Å²) in [5.74, 6) is -2.93. The summed E-state index contributed by atoms with van der Waals surface area (Å²) in [5.41, 5.74) is -3.45. The van der Waals surface area contributed by atoms with Gasteiger partial charge in [0.2, 0.25) is 5.72 Å². The molecule has 1 fully saturated rings. The van der Waals surface area contributed by atoms with Crippen molar-refractivity contribution in [3.05, 3.63) is 56.7 Å². The van der Waals surface area contributed by atoms with E-state index in [0.29, 0.717) is 4.47 Å². The van der Waals surface area contributed by atoms with Gasteiger partial charge in [-0.25, -0.2) is 4.79 Å². The average Bonchev–Trinajstić information content (AvgIpc) is 3.07. The summed E-state index contributed by atoms with van der Waals surface area (Å²) in [6.07, 6.45) is -5.26. The van der Waals surface area contributed by atoms with E-state index < -0.39 is 35.7 Å². The van der Waals surface area contributed by atoms with Crippen molar-refractivity contribution in [2.75, 3.05) is 0 Å². The van der Waals surface area contributed by atoms with E-state index in [1.165, 1.54) is 29.6 Å². The van der Waals surface area contributed by atoms with Gasteiger partial charge in [-0.3, -0.25) is 4.79 Å². The Hall–Kier alpha value is -1.91. The molecule has 1 aliphatic heterocycles. The molecule has 26 heavy (non-hydrogen) atoms. The Morgan fingerprint density at radius 3 is 2.58 bits per heavy atom. The fraction of sp³-hybridized carbons (Fsp3) is 0.250. The predicted octanol–water partition coefficient (Wildman–Crippen LogP) is 3.61. The number of alkyl halides is 3. The van der Waals surface area contributed by atoms with Crippen LogP contribution < -0.4 is 10.6 Å². The molecule has 0 spiro atoms. The molecule has 1 aromatic heterocycles. The fourth-order valence-corrected chi connectivity index (χ4v) is 4.01. The maximum Gasteiger partial charge on any atom is 0.437 e. The van der Waals surface area contributed by atoms with Gasteiger partial charge in [-0.2, -0.15) is 13.2 Å². The lowest BCUT2D eigenvalue weighted by Crippen LogP contribution is -2.72. The molecule has 2 heterocycles. The van der Waals surface area contributed by atoms with Gasteiger partial charge in [-0.1, -0.05) is 34.1 Å². The number of rotatable bonds is 3. The quantitative estimate of drug-likeness (QED) is 0.627. The first kappa shape index (κ1) is 18.9. The van der Waals surface area contributed by atoms with Crippen LogP contribution in [0.3, 0.4) is 0 Å². The highest BCUT2D eigenvalue weighted by Crippen LogP contribution is 2.44. The van der Waals surface area contributed by atoms with Crippen molar-refractivity contribution in [2.24, 2.45) is 5.92 Å². The van der Waals surface area contributed by atoms with Gasteiger partial charge in [-0.15, -0.1) is 11.3 Å². The van der Waals surface area contributed by atoms with E-state index in [-0.39, 0.29) is 10.4 Å². The maximum absolute atomic E-state index is 13.7. The molecule has 3 rings (SSSR count). The number of aliphatic hydroxyl groups is 1. The highest BCUT2D eigenvalue weighted by molar-refractivity contribution is 9.10. The number of carbonyl (C=O) groups excluding carboxylic acids is 2. The number of Topliss-reactive ketones (excluding diaryl/α,β-unsaturated/α-hetero) is 1. The van der Waals surface area contributed by atoms with Crippen molar-refractivity contribution >= 4 is 39.1 Å². The third kappa shape index (κ3) is 3.24. The monoisotopic (exact) mass is 448 g/mol. The molecule has 0 aliphatic carbocycles. The number of thiophene rings is 1. The lowest BCUT2D eigenvalue weighted by molar-refractivity contribution is -0.287. The average molecular weight is 449 g/mol. The topological polar surface area (TPSA) is 78.4 Å². The Kier molecular flexibility index (Phi) is 4.84. The Morgan fingerprint density at radius 2 is 2.00 bits per heavy atom. The Labute approximate surface area is 158 Å². The van der Waals surface area contributed by atoms with Gasteiger partial charge in [0, 0.05) is 4.47 Å². The first-order valence-corrected chi connectivity index (χ1v) is 9.02. The molecule has 5 nitrogen and oxygen atoms in total. The molecule has 3 atom stereocenters. The minimum absolute atomic E-state index is 0.0515. The van der Waals surface area contributed by atoms with Crippen molar-refractivity contribution in [3.8, 4) is 0 Å². The lowest BCUT2D eigenvalue weighted by Gasteiger charge is -2.44. The minimum atomic E-state index is -5.26. The third-order valence-electron chi connectivity index (χ3n) is 4.06. The second-order valence-electron chi connectivity index (χ2n) is 5.71. The lowest BCUT2D eigenvalue weighted by atomic mass is 9.78. The molecular weight excluding hydrogens is 437 g/mol. The van der Waals surface area contributed by atoms with E-state index in [9.17, 15) is 27.9 Å². The first-order chi connectivity index (χ1) is 12.1. The van der Waals surface area contributed by atoms with Gasteiger partial charge >= 0.3 is 12.2 Å². The van der Waals surface area contributed by atoms with Crippen LogP contribution in [0.5, 0.6) is 0 Å². The van der Waals surface area contributed by atoms with Crippen LogP contribution in [0.15, 0.2) is 46.3 Å². The van der Waals surface area contributed by atoms with Crippen LogP contribution in [-0.4, -0.2) is 28.8 Å². The fourth-order valence-electron chi connectivity index (χ4n) is 2.89.